The molecule has 1 atom stereocenters. The Bertz CT molecular complexity index is 1210. The van der Waals surface area contributed by atoms with E-state index in [1.165, 1.54) is 19.2 Å². The first-order chi connectivity index (χ1) is 16.0. The van der Waals surface area contributed by atoms with Crippen molar-refractivity contribution in [2.24, 2.45) is 0 Å². The number of pyridine rings is 1. The van der Waals surface area contributed by atoms with Gasteiger partial charge in [0.2, 0.25) is 0 Å². The predicted molar refractivity (Wildman–Crippen MR) is 121 cm³/mol. The van der Waals surface area contributed by atoms with E-state index in [9.17, 15) is 9.18 Å². The summed E-state index contributed by atoms with van der Waals surface area (Å²) in [5, 5.41) is 6.16. The smallest absolute Gasteiger partial charge is 0.255 e. The van der Waals surface area contributed by atoms with E-state index >= 15 is 0 Å². The van der Waals surface area contributed by atoms with Crippen LogP contribution in [0.3, 0.4) is 0 Å². The lowest BCUT2D eigenvalue weighted by molar-refractivity contribution is -0.0720. The van der Waals surface area contributed by atoms with Gasteiger partial charge in [-0.25, -0.2) is 4.39 Å². The maximum absolute atomic E-state index is 14.2. The number of halogens is 2. The Hall–Kier alpha value is -3.30. The normalized spacial score (nSPS) is 17.1. The SMILES string of the molecule is COc1c(Cl)cc(F)cc1Nc1c(-c2ccncc2OCC2CCO2)[nH]c2c1C(=O)NCC2. The number of anilines is 2. The number of rotatable bonds is 7. The molecule has 0 radical (unpaired) electrons. The highest BCUT2D eigenvalue weighted by atomic mass is 35.5. The number of nitrogens with zero attached hydrogens (tertiary/aromatic N) is 1. The Balaban J connectivity index is 1.61. The summed E-state index contributed by atoms with van der Waals surface area (Å²) >= 11 is 6.19. The number of hydrogen-bond donors (Lipinski definition) is 3. The van der Waals surface area contributed by atoms with E-state index in [-0.39, 0.29) is 22.8 Å². The van der Waals surface area contributed by atoms with Gasteiger partial charge in [0.1, 0.15) is 18.2 Å². The lowest BCUT2D eigenvalue weighted by atomic mass is 10.0. The Morgan fingerprint density at radius 2 is 2.24 bits per heavy atom. The van der Waals surface area contributed by atoms with Crippen molar-refractivity contribution in [2.45, 2.75) is 18.9 Å². The molecule has 3 aromatic rings. The number of H-pyrrole nitrogens is 1. The first-order valence-electron chi connectivity index (χ1n) is 10.6. The standard InChI is InChI=1S/C23H22ClFN4O4/c1-31-22-15(24)8-12(25)9-17(22)29-21-19-16(3-6-27-23(19)30)28-20(21)14-2-5-26-10-18(14)33-11-13-4-7-32-13/h2,5,8-10,13,28-29H,3-4,6-7,11H2,1H3,(H,27,30). The molecule has 1 amide bonds. The molecule has 1 saturated heterocycles. The molecule has 2 aromatic heterocycles. The Morgan fingerprint density at radius 1 is 1.39 bits per heavy atom. The summed E-state index contributed by atoms with van der Waals surface area (Å²) in [6.45, 7) is 1.65. The van der Waals surface area contributed by atoms with E-state index in [2.05, 4.69) is 20.6 Å². The van der Waals surface area contributed by atoms with Gasteiger partial charge in [-0.05, 0) is 12.1 Å². The number of hydrogen-bond acceptors (Lipinski definition) is 6. The van der Waals surface area contributed by atoms with E-state index in [0.717, 1.165) is 18.7 Å². The topological polar surface area (TPSA) is 97.5 Å². The molecule has 0 spiro atoms. The van der Waals surface area contributed by atoms with E-state index in [1.54, 1.807) is 18.5 Å². The van der Waals surface area contributed by atoms with Crippen LogP contribution in [0.4, 0.5) is 15.8 Å². The minimum atomic E-state index is -0.535. The zero-order chi connectivity index (χ0) is 22.9. The molecule has 0 bridgehead atoms. The van der Waals surface area contributed by atoms with Gasteiger partial charge in [-0.3, -0.25) is 9.78 Å². The van der Waals surface area contributed by atoms with Crippen LogP contribution in [0.2, 0.25) is 5.02 Å². The molecule has 172 valence electrons. The fourth-order valence-electron chi connectivity index (χ4n) is 4.00. The summed E-state index contributed by atoms with van der Waals surface area (Å²) in [5.74, 6) is 0.0389. The molecule has 10 heteroatoms. The second-order valence-electron chi connectivity index (χ2n) is 7.79. The van der Waals surface area contributed by atoms with Crippen molar-refractivity contribution in [3.8, 4) is 22.8 Å². The molecule has 1 aromatic carbocycles. The summed E-state index contributed by atoms with van der Waals surface area (Å²) in [6.07, 6.45) is 4.88. The fourth-order valence-corrected chi connectivity index (χ4v) is 4.29. The Kier molecular flexibility index (Phi) is 5.82. The molecule has 0 saturated carbocycles. The Morgan fingerprint density at radius 3 is 3.00 bits per heavy atom. The summed E-state index contributed by atoms with van der Waals surface area (Å²) in [5.41, 5.74) is 3.30. The molecule has 8 nitrogen and oxygen atoms in total. The van der Waals surface area contributed by atoms with Crippen molar-refractivity contribution < 1.29 is 23.4 Å². The average molecular weight is 473 g/mol. The van der Waals surface area contributed by atoms with Crippen LogP contribution in [0.15, 0.2) is 30.6 Å². The minimum absolute atomic E-state index is 0.0528. The van der Waals surface area contributed by atoms with Crippen molar-refractivity contribution in [3.05, 3.63) is 52.7 Å². The maximum atomic E-state index is 14.2. The number of carbonyl (C=O) groups excluding carboxylic acids is 1. The van der Waals surface area contributed by atoms with Crippen LogP contribution in [-0.4, -0.2) is 48.8 Å². The van der Waals surface area contributed by atoms with E-state index < -0.39 is 5.82 Å². The average Bonchev–Trinajstić information content (AvgIpc) is 3.12. The second-order valence-corrected chi connectivity index (χ2v) is 8.20. The third-order valence-electron chi connectivity index (χ3n) is 5.71. The summed E-state index contributed by atoms with van der Waals surface area (Å²) in [6, 6.07) is 4.24. The molecular formula is C23H22ClFN4O4. The van der Waals surface area contributed by atoms with Crippen LogP contribution in [-0.2, 0) is 11.2 Å². The van der Waals surface area contributed by atoms with Gasteiger partial charge in [0, 0.05) is 49.5 Å². The fraction of sp³-hybridized carbons (Fsp3) is 0.304. The number of methoxy groups -OCH3 is 1. The number of aromatic amines is 1. The molecule has 33 heavy (non-hydrogen) atoms. The lowest BCUT2D eigenvalue weighted by Crippen LogP contribution is -2.32. The van der Waals surface area contributed by atoms with Gasteiger partial charge in [0.05, 0.1) is 47.1 Å². The molecular weight excluding hydrogens is 451 g/mol. The first-order valence-corrected chi connectivity index (χ1v) is 10.9. The third kappa shape index (κ3) is 4.09. The third-order valence-corrected chi connectivity index (χ3v) is 5.99. The number of amides is 1. The van der Waals surface area contributed by atoms with Crippen molar-refractivity contribution in [1.82, 2.24) is 15.3 Å². The quantitative estimate of drug-likeness (QED) is 0.479. The first kappa shape index (κ1) is 21.5. The zero-order valence-corrected chi connectivity index (χ0v) is 18.6. The number of fused-ring (bicyclic) bond motifs is 1. The van der Waals surface area contributed by atoms with Gasteiger partial charge >= 0.3 is 0 Å². The highest BCUT2D eigenvalue weighted by molar-refractivity contribution is 6.32. The van der Waals surface area contributed by atoms with Crippen LogP contribution in [0.25, 0.3) is 11.3 Å². The lowest BCUT2D eigenvalue weighted by Gasteiger charge is -2.26. The van der Waals surface area contributed by atoms with Crippen LogP contribution >= 0.6 is 11.6 Å². The van der Waals surface area contributed by atoms with Crippen LogP contribution in [0.1, 0.15) is 22.5 Å². The number of benzene rings is 1. The maximum Gasteiger partial charge on any atom is 0.255 e. The molecule has 1 unspecified atom stereocenters. The molecule has 0 aliphatic carbocycles. The molecule has 2 aliphatic rings. The molecule has 5 rings (SSSR count). The highest BCUT2D eigenvalue weighted by Crippen LogP contribution is 2.43. The van der Waals surface area contributed by atoms with Gasteiger partial charge in [0.15, 0.2) is 5.75 Å². The van der Waals surface area contributed by atoms with Crippen LogP contribution < -0.4 is 20.1 Å². The zero-order valence-electron chi connectivity index (χ0n) is 17.8. The minimum Gasteiger partial charge on any atom is -0.493 e. The monoisotopic (exact) mass is 472 g/mol. The predicted octanol–water partition coefficient (Wildman–Crippen LogP) is 4.08. The van der Waals surface area contributed by atoms with Crippen molar-refractivity contribution >= 4 is 28.9 Å². The van der Waals surface area contributed by atoms with Crippen molar-refractivity contribution in [1.29, 1.82) is 0 Å². The molecule has 3 N–H and O–H groups in total. The summed E-state index contributed by atoms with van der Waals surface area (Å²) in [4.78, 5) is 20.4. The van der Waals surface area contributed by atoms with Crippen LogP contribution in [0.5, 0.6) is 11.5 Å². The number of aromatic nitrogens is 2. The van der Waals surface area contributed by atoms with Gasteiger partial charge in [-0.15, -0.1) is 0 Å². The number of ether oxygens (including phenoxy) is 3. The van der Waals surface area contributed by atoms with Gasteiger partial charge < -0.3 is 29.8 Å². The molecule has 1 fully saturated rings. The summed E-state index contributed by atoms with van der Waals surface area (Å²) < 4.78 is 31.0. The molecule has 4 heterocycles. The van der Waals surface area contributed by atoms with Crippen LogP contribution in [0, 0.1) is 5.82 Å². The van der Waals surface area contributed by atoms with E-state index in [0.29, 0.717) is 53.5 Å². The number of nitrogens with one attached hydrogen (secondary N) is 3. The van der Waals surface area contributed by atoms with Gasteiger partial charge in [-0.2, -0.15) is 0 Å². The Labute approximate surface area is 194 Å². The summed E-state index contributed by atoms with van der Waals surface area (Å²) in [7, 11) is 1.45. The molecule has 2 aliphatic heterocycles. The largest absolute Gasteiger partial charge is 0.493 e. The highest BCUT2D eigenvalue weighted by Gasteiger charge is 2.29. The van der Waals surface area contributed by atoms with Gasteiger partial charge in [-0.1, -0.05) is 11.6 Å². The second kappa shape index (κ2) is 8.92. The van der Waals surface area contributed by atoms with E-state index in [4.69, 9.17) is 25.8 Å². The van der Waals surface area contributed by atoms with Crippen molar-refractivity contribution in [2.75, 3.05) is 32.2 Å². The van der Waals surface area contributed by atoms with Gasteiger partial charge in [0.25, 0.3) is 5.91 Å². The number of carbonyl (C=O) groups is 1. The van der Waals surface area contributed by atoms with Crippen molar-refractivity contribution in [3.63, 3.8) is 0 Å². The van der Waals surface area contributed by atoms with E-state index in [1.807, 2.05) is 0 Å².